The van der Waals surface area contributed by atoms with Crippen molar-refractivity contribution in [2.75, 3.05) is 32.7 Å². The van der Waals surface area contributed by atoms with Gasteiger partial charge in [0.2, 0.25) is 5.91 Å². The Bertz CT molecular complexity index is 778. The van der Waals surface area contributed by atoms with E-state index in [4.69, 9.17) is 23.2 Å². The van der Waals surface area contributed by atoms with Gasteiger partial charge in [0.25, 0.3) is 5.91 Å². The van der Waals surface area contributed by atoms with Crippen LogP contribution >= 0.6 is 23.2 Å². The minimum atomic E-state index is -0.0491. The summed E-state index contributed by atoms with van der Waals surface area (Å²) in [6, 6.07) is 5.62. The molecule has 164 valence electrons. The van der Waals surface area contributed by atoms with Gasteiger partial charge in [-0.15, -0.1) is 0 Å². The highest BCUT2D eigenvalue weighted by Gasteiger charge is 2.34. The predicted octanol–water partition coefficient (Wildman–Crippen LogP) is 4.23. The monoisotopic (exact) mass is 451 g/mol. The molecule has 0 aromatic heterocycles. The summed E-state index contributed by atoms with van der Waals surface area (Å²) in [6.45, 7) is 4.43. The Morgan fingerprint density at radius 1 is 0.933 bits per heavy atom. The Balaban J connectivity index is 1.25. The molecule has 3 aliphatic heterocycles. The van der Waals surface area contributed by atoms with Gasteiger partial charge in [-0.1, -0.05) is 29.6 Å². The van der Waals surface area contributed by atoms with E-state index in [1.165, 1.54) is 45.2 Å². The molecule has 2 unspecified atom stereocenters. The average Bonchev–Trinajstić information content (AvgIpc) is 2.79. The molecule has 3 saturated heterocycles. The number of nitrogens with zero attached hydrogens (tertiary/aromatic N) is 2. The number of nitrogens with one attached hydrogen (secondary N) is 1. The summed E-state index contributed by atoms with van der Waals surface area (Å²) in [5.41, 5.74) is 0.543. The number of amides is 2. The van der Waals surface area contributed by atoms with E-state index in [-0.39, 0.29) is 17.7 Å². The Hall–Kier alpha value is -1.30. The molecule has 30 heavy (non-hydrogen) atoms. The summed E-state index contributed by atoms with van der Waals surface area (Å²) in [4.78, 5) is 29.9. The molecule has 0 aliphatic carbocycles. The molecule has 3 heterocycles. The molecule has 1 aromatic carbocycles. The van der Waals surface area contributed by atoms with E-state index in [0.717, 1.165) is 6.54 Å². The van der Waals surface area contributed by atoms with Crippen molar-refractivity contribution >= 4 is 35.0 Å². The first-order chi connectivity index (χ1) is 14.5. The molecule has 0 spiro atoms. The summed E-state index contributed by atoms with van der Waals surface area (Å²) < 4.78 is 0. The maximum Gasteiger partial charge on any atom is 0.253 e. The van der Waals surface area contributed by atoms with Gasteiger partial charge in [-0.05, 0) is 75.7 Å². The standard InChI is InChI=1S/C23H31Cl2N3O2/c24-19-7-6-17(14-20(19)25)23(30)28-12-8-16(9-13-28)22(29)26-15-18-4-3-11-27-10-2-1-5-21(18)27/h6-7,14,16,18,21H,1-5,8-13,15H2,(H,26,29). The van der Waals surface area contributed by atoms with Gasteiger partial charge in [0.15, 0.2) is 0 Å². The lowest BCUT2D eigenvalue weighted by Gasteiger charge is -2.44. The van der Waals surface area contributed by atoms with Gasteiger partial charge in [0.05, 0.1) is 10.0 Å². The Morgan fingerprint density at radius 3 is 2.47 bits per heavy atom. The van der Waals surface area contributed by atoms with E-state index in [1.54, 1.807) is 18.2 Å². The highest BCUT2D eigenvalue weighted by atomic mass is 35.5. The van der Waals surface area contributed by atoms with Crippen LogP contribution in [0.5, 0.6) is 0 Å². The number of halogens is 2. The predicted molar refractivity (Wildman–Crippen MR) is 120 cm³/mol. The summed E-state index contributed by atoms with van der Waals surface area (Å²) in [5, 5.41) is 4.07. The van der Waals surface area contributed by atoms with Crippen LogP contribution in [0.4, 0.5) is 0 Å². The topological polar surface area (TPSA) is 52.7 Å². The lowest BCUT2D eigenvalue weighted by atomic mass is 9.83. The van der Waals surface area contributed by atoms with Crippen LogP contribution in [0.25, 0.3) is 0 Å². The molecule has 0 radical (unpaired) electrons. The van der Waals surface area contributed by atoms with Crippen LogP contribution in [0.2, 0.25) is 10.0 Å². The first-order valence-corrected chi connectivity index (χ1v) is 12.0. The third-order valence-corrected chi connectivity index (χ3v) is 7.83. The van der Waals surface area contributed by atoms with E-state index in [1.807, 2.05) is 4.90 Å². The number of hydrogen-bond acceptors (Lipinski definition) is 3. The first-order valence-electron chi connectivity index (χ1n) is 11.3. The fourth-order valence-corrected chi connectivity index (χ4v) is 5.65. The van der Waals surface area contributed by atoms with E-state index in [2.05, 4.69) is 10.2 Å². The van der Waals surface area contributed by atoms with Crippen LogP contribution in [0, 0.1) is 11.8 Å². The van der Waals surface area contributed by atoms with Gasteiger partial charge in [-0.3, -0.25) is 9.59 Å². The summed E-state index contributed by atoms with van der Waals surface area (Å²) in [7, 11) is 0. The zero-order chi connectivity index (χ0) is 21.1. The zero-order valence-corrected chi connectivity index (χ0v) is 18.9. The summed E-state index contributed by atoms with van der Waals surface area (Å²) >= 11 is 12.0. The number of piperidine rings is 3. The number of carbonyl (C=O) groups excluding carboxylic acids is 2. The molecular weight excluding hydrogens is 421 g/mol. The van der Waals surface area contributed by atoms with Crippen molar-refractivity contribution < 1.29 is 9.59 Å². The Kier molecular flexibility index (Phi) is 7.22. The van der Waals surface area contributed by atoms with E-state index in [0.29, 0.717) is 53.5 Å². The van der Waals surface area contributed by atoms with E-state index < -0.39 is 0 Å². The Morgan fingerprint density at radius 2 is 1.70 bits per heavy atom. The fraction of sp³-hybridized carbons (Fsp3) is 0.652. The maximum absolute atomic E-state index is 12.8. The first kappa shape index (κ1) is 21.9. The molecule has 0 saturated carbocycles. The van der Waals surface area contributed by atoms with Crippen LogP contribution in [-0.2, 0) is 4.79 Å². The van der Waals surface area contributed by atoms with Crippen molar-refractivity contribution in [3.05, 3.63) is 33.8 Å². The molecule has 3 fully saturated rings. The number of benzene rings is 1. The van der Waals surface area contributed by atoms with Gasteiger partial charge in [-0.2, -0.15) is 0 Å². The second-order valence-corrected chi connectivity index (χ2v) is 9.76. The van der Waals surface area contributed by atoms with Crippen LogP contribution < -0.4 is 5.32 Å². The van der Waals surface area contributed by atoms with Crippen molar-refractivity contribution in [2.45, 2.75) is 51.0 Å². The van der Waals surface area contributed by atoms with Crippen molar-refractivity contribution in [2.24, 2.45) is 11.8 Å². The number of hydrogen-bond donors (Lipinski definition) is 1. The molecule has 7 heteroatoms. The number of fused-ring (bicyclic) bond motifs is 1. The van der Waals surface area contributed by atoms with Crippen LogP contribution in [0.3, 0.4) is 0 Å². The zero-order valence-electron chi connectivity index (χ0n) is 17.4. The third kappa shape index (κ3) is 4.95. The minimum absolute atomic E-state index is 0.00564. The molecule has 2 amide bonds. The summed E-state index contributed by atoms with van der Waals surface area (Å²) in [6.07, 6.45) is 7.78. The fourth-order valence-electron chi connectivity index (χ4n) is 5.35. The molecular formula is C23H31Cl2N3O2. The van der Waals surface area contributed by atoms with Gasteiger partial charge in [-0.25, -0.2) is 0 Å². The SMILES string of the molecule is O=C(NCC1CCCN2CCCCC12)C1CCN(C(=O)c2ccc(Cl)c(Cl)c2)CC1. The molecule has 1 N–H and O–H groups in total. The number of carbonyl (C=O) groups is 2. The normalized spacial score (nSPS) is 25.6. The lowest BCUT2D eigenvalue weighted by Crippen LogP contribution is -2.51. The number of likely N-dealkylation sites (tertiary alicyclic amines) is 1. The van der Waals surface area contributed by atoms with E-state index >= 15 is 0 Å². The van der Waals surface area contributed by atoms with Crippen molar-refractivity contribution in [1.82, 2.24) is 15.1 Å². The third-order valence-electron chi connectivity index (χ3n) is 7.09. The molecule has 5 nitrogen and oxygen atoms in total. The van der Waals surface area contributed by atoms with Crippen molar-refractivity contribution in [3.63, 3.8) is 0 Å². The number of rotatable bonds is 4. The quantitative estimate of drug-likeness (QED) is 0.744. The van der Waals surface area contributed by atoms with Crippen LogP contribution in [0.15, 0.2) is 18.2 Å². The molecule has 1 aromatic rings. The van der Waals surface area contributed by atoms with Crippen molar-refractivity contribution in [3.8, 4) is 0 Å². The minimum Gasteiger partial charge on any atom is -0.356 e. The van der Waals surface area contributed by atoms with Crippen molar-refractivity contribution in [1.29, 1.82) is 0 Å². The average molecular weight is 452 g/mol. The second-order valence-electron chi connectivity index (χ2n) is 8.94. The lowest BCUT2D eigenvalue weighted by molar-refractivity contribution is -0.126. The largest absolute Gasteiger partial charge is 0.356 e. The highest BCUT2D eigenvalue weighted by molar-refractivity contribution is 6.42. The Labute approximate surface area is 189 Å². The van der Waals surface area contributed by atoms with Gasteiger partial charge < -0.3 is 15.1 Å². The van der Waals surface area contributed by atoms with Gasteiger partial charge in [0.1, 0.15) is 0 Å². The summed E-state index contributed by atoms with van der Waals surface area (Å²) in [5.74, 6) is 0.685. The molecule has 3 aliphatic rings. The maximum atomic E-state index is 12.8. The highest BCUT2D eigenvalue weighted by Crippen LogP contribution is 2.31. The molecule has 0 bridgehead atoms. The van der Waals surface area contributed by atoms with E-state index in [9.17, 15) is 9.59 Å². The van der Waals surface area contributed by atoms with Crippen LogP contribution in [0.1, 0.15) is 55.3 Å². The smallest absolute Gasteiger partial charge is 0.253 e. The van der Waals surface area contributed by atoms with Gasteiger partial charge >= 0.3 is 0 Å². The van der Waals surface area contributed by atoms with Gasteiger partial charge in [0, 0.05) is 37.2 Å². The van der Waals surface area contributed by atoms with Crippen LogP contribution in [-0.4, -0.2) is 60.4 Å². The molecule has 2 atom stereocenters. The second kappa shape index (κ2) is 9.88. The molecule has 4 rings (SSSR count).